The van der Waals surface area contributed by atoms with E-state index in [1.165, 1.54) is 0 Å². The standard InChI is InChI=1S/C16H22N4O/c1-13(2)17-9-7-16(21)19-15-6-3-5-14(11-15)12-20-10-4-8-18-20/h3-6,8,10-11,13,17H,7,9,12H2,1-2H3,(H,19,21). The number of amides is 1. The maximum atomic E-state index is 11.9. The first-order valence-electron chi connectivity index (χ1n) is 7.23. The highest BCUT2D eigenvalue weighted by molar-refractivity contribution is 5.90. The lowest BCUT2D eigenvalue weighted by molar-refractivity contribution is -0.116. The summed E-state index contributed by atoms with van der Waals surface area (Å²) in [4.78, 5) is 11.9. The Morgan fingerprint density at radius 2 is 2.19 bits per heavy atom. The van der Waals surface area contributed by atoms with Crippen molar-refractivity contribution >= 4 is 11.6 Å². The fourth-order valence-corrected chi connectivity index (χ4v) is 2.03. The van der Waals surface area contributed by atoms with Crippen molar-refractivity contribution in [3.8, 4) is 0 Å². The van der Waals surface area contributed by atoms with E-state index in [1.807, 2.05) is 41.2 Å². The van der Waals surface area contributed by atoms with E-state index in [2.05, 4.69) is 29.6 Å². The van der Waals surface area contributed by atoms with Crippen LogP contribution in [0, 0.1) is 0 Å². The molecule has 2 N–H and O–H groups in total. The number of nitrogens with zero attached hydrogens (tertiary/aromatic N) is 2. The largest absolute Gasteiger partial charge is 0.326 e. The molecule has 0 saturated heterocycles. The van der Waals surface area contributed by atoms with Crippen molar-refractivity contribution in [3.05, 3.63) is 48.3 Å². The minimum Gasteiger partial charge on any atom is -0.326 e. The molecule has 0 bridgehead atoms. The molecule has 0 unspecified atom stereocenters. The third-order valence-corrected chi connectivity index (χ3v) is 3.02. The van der Waals surface area contributed by atoms with E-state index in [1.54, 1.807) is 6.20 Å². The van der Waals surface area contributed by atoms with Gasteiger partial charge in [-0.3, -0.25) is 9.48 Å². The molecule has 21 heavy (non-hydrogen) atoms. The smallest absolute Gasteiger partial charge is 0.225 e. The van der Waals surface area contributed by atoms with Crippen LogP contribution in [0.1, 0.15) is 25.8 Å². The predicted molar refractivity (Wildman–Crippen MR) is 84.2 cm³/mol. The quantitative estimate of drug-likeness (QED) is 0.821. The van der Waals surface area contributed by atoms with Crippen LogP contribution in [-0.2, 0) is 11.3 Å². The lowest BCUT2D eigenvalue weighted by Crippen LogP contribution is -2.27. The average Bonchev–Trinajstić information content (AvgIpc) is 2.91. The Kier molecular flexibility index (Phi) is 5.51. The van der Waals surface area contributed by atoms with E-state index >= 15 is 0 Å². The van der Waals surface area contributed by atoms with Crippen molar-refractivity contribution in [1.82, 2.24) is 15.1 Å². The first kappa shape index (κ1) is 15.3. The van der Waals surface area contributed by atoms with Gasteiger partial charge >= 0.3 is 0 Å². The Labute approximate surface area is 125 Å². The van der Waals surface area contributed by atoms with Crippen LogP contribution in [0.5, 0.6) is 0 Å². The van der Waals surface area contributed by atoms with Crippen LogP contribution in [0.4, 0.5) is 5.69 Å². The Morgan fingerprint density at radius 3 is 2.90 bits per heavy atom. The minimum atomic E-state index is 0.0272. The van der Waals surface area contributed by atoms with Gasteiger partial charge in [0, 0.05) is 37.1 Å². The van der Waals surface area contributed by atoms with E-state index in [0.29, 0.717) is 25.6 Å². The third kappa shape index (κ3) is 5.39. The zero-order valence-electron chi connectivity index (χ0n) is 12.5. The van der Waals surface area contributed by atoms with Gasteiger partial charge in [0.15, 0.2) is 0 Å². The molecule has 1 heterocycles. The molecule has 0 aliphatic heterocycles. The number of rotatable bonds is 7. The van der Waals surface area contributed by atoms with Crippen LogP contribution in [0.15, 0.2) is 42.7 Å². The first-order valence-corrected chi connectivity index (χ1v) is 7.23. The van der Waals surface area contributed by atoms with Crippen LogP contribution in [0.25, 0.3) is 0 Å². The van der Waals surface area contributed by atoms with Crippen molar-refractivity contribution < 1.29 is 4.79 Å². The Morgan fingerprint density at radius 1 is 1.33 bits per heavy atom. The molecule has 1 amide bonds. The van der Waals surface area contributed by atoms with Gasteiger partial charge in [-0.1, -0.05) is 26.0 Å². The van der Waals surface area contributed by atoms with Gasteiger partial charge in [-0.25, -0.2) is 0 Å². The van der Waals surface area contributed by atoms with E-state index in [0.717, 1.165) is 11.3 Å². The predicted octanol–water partition coefficient (Wildman–Crippen LogP) is 2.26. The Bertz CT molecular complexity index is 563. The number of hydrogen-bond donors (Lipinski definition) is 2. The molecule has 0 saturated carbocycles. The first-order chi connectivity index (χ1) is 10.1. The van der Waals surface area contributed by atoms with Crippen molar-refractivity contribution in [3.63, 3.8) is 0 Å². The van der Waals surface area contributed by atoms with Gasteiger partial charge in [-0.2, -0.15) is 5.10 Å². The zero-order valence-corrected chi connectivity index (χ0v) is 12.5. The summed E-state index contributed by atoms with van der Waals surface area (Å²) in [6.45, 7) is 5.52. The zero-order chi connectivity index (χ0) is 15.1. The summed E-state index contributed by atoms with van der Waals surface area (Å²) < 4.78 is 1.85. The highest BCUT2D eigenvalue weighted by atomic mass is 16.1. The second kappa shape index (κ2) is 7.59. The number of nitrogens with one attached hydrogen (secondary N) is 2. The fourth-order valence-electron chi connectivity index (χ4n) is 2.03. The Hall–Kier alpha value is -2.14. The van der Waals surface area contributed by atoms with Crippen LogP contribution >= 0.6 is 0 Å². The fraction of sp³-hybridized carbons (Fsp3) is 0.375. The van der Waals surface area contributed by atoms with Gasteiger partial charge in [-0.15, -0.1) is 0 Å². The van der Waals surface area contributed by atoms with Crippen molar-refractivity contribution in [1.29, 1.82) is 0 Å². The highest BCUT2D eigenvalue weighted by Gasteiger charge is 2.04. The van der Waals surface area contributed by atoms with Gasteiger partial charge < -0.3 is 10.6 Å². The summed E-state index contributed by atoms with van der Waals surface area (Å²) in [7, 11) is 0. The van der Waals surface area contributed by atoms with Crippen LogP contribution in [0.3, 0.4) is 0 Å². The van der Waals surface area contributed by atoms with Gasteiger partial charge in [0.05, 0.1) is 6.54 Å². The summed E-state index contributed by atoms with van der Waals surface area (Å²) in [5.41, 5.74) is 1.94. The molecule has 1 aromatic carbocycles. The summed E-state index contributed by atoms with van der Waals surface area (Å²) in [5, 5.41) is 10.3. The summed E-state index contributed by atoms with van der Waals surface area (Å²) >= 11 is 0. The number of anilines is 1. The van der Waals surface area contributed by atoms with Crippen LogP contribution in [-0.4, -0.2) is 28.3 Å². The van der Waals surface area contributed by atoms with Gasteiger partial charge in [0.25, 0.3) is 0 Å². The molecule has 1 aromatic heterocycles. The molecule has 5 heteroatoms. The normalized spacial score (nSPS) is 10.8. The van der Waals surface area contributed by atoms with E-state index < -0.39 is 0 Å². The van der Waals surface area contributed by atoms with E-state index in [4.69, 9.17) is 0 Å². The van der Waals surface area contributed by atoms with E-state index in [9.17, 15) is 4.79 Å². The summed E-state index contributed by atoms with van der Waals surface area (Å²) in [6.07, 6.45) is 4.15. The highest BCUT2D eigenvalue weighted by Crippen LogP contribution is 2.12. The molecule has 0 spiro atoms. The lowest BCUT2D eigenvalue weighted by atomic mass is 10.2. The SMILES string of the molecule is CC(C)NCCC(=O)Nc1cccc(Cn2cccn2)c1. The topological polar surface area (TPSA) is 59.0 Å². The van der Waals surface area contributed by atoms with Crippen LogP contribution in [0.2, 0.25) is 0 Å². The molecule has 112 valence electrons. The molecule has 0 fully saturated rings. The molecule has 2 aromatic rings. The molecule has 0 aliphatic rings. The van der Waals surface area contributed by atoms with Crippen molar-refractivity contribution in [2.75, 3.05) is 11.9 Å². The molecule has 0 aliphatic carbocycles. The number of aromatic nitrogens is 2. The molecular formula is C16H22N4O. The maximum Gasteiger partial charge on any atom is 0.225 e. The number of benzene rings is 1. The lowest BCUT2D eigenvalue weighted by Gasteiger charge is -2.09. The summed E-state index contributed by atoms with van der Waals surface area (Å²) in [5.74, 6) is 0.0272. The average molecular weight is 286 g/mol. The van der Waals surface area contributed by atoms with Gasteiger partial charge in [0.1, 0.15) is 0 Å². The minimum absolute atomic E-state index is 0.0272. The van der Waals surface area contributed by atoms with Crippen molar-refractivity contribution in [2.45, 2.75) is 32.9 Å². The molecule has 5 nitrogen and oxygen atoms in total. The Balaban J connectivity index is 1.87. The number of carbonyl (C=O) groups is 1. The monoisotopic (exact) mass is 286 g/mol. The van der Waals surface area contributed by atoms with Crippen molar-refractivity contribution in [2.24, 2.45) is 0 Å². The number of hydrogen-bond acceptors (Lipinski definition) is 3. The maximum absolute atomic E-state index is 11.9. The van der Waals surface area contributed by atoms with E-state index in [-0.39, 0.29) is 5.91 Å². The van der Waals surface area contributed by atoms with Crippen LogP contribution < -0.4 is 10.6 Å². The third-order valence-electron chi connectivity index (χ3n) is 3.02. The molecule has 0 radical (unpaired) electrons. The summed E-state index contributed by atoms with van der Waals surface area (Å²) in [6, 6.07) is 10.1. The number of carbonyl (C=O) groups excluding carboxylic acids is 1. The second-order valence-electron chi connectivity index (χ2n) is 5.31. The second-order valence-corrected chi connectivity index (χ2v) is 5.31. The van der Waals surface area contributed by atoms with Gasteiger partial charge in [-0.05, 0) is 23.8 Å². The molecular weight excluding hydrogens is 264 g/mol. The molecule has 2 rings (SSSR count). The van der Waals surface area contributed by atoms with Gasteiger partial charge in [0.2, 0.25) is 5.91 Å². The molecule has 0 atom stereocenters.